The fourth-order valence-corrected chi connectivity index (χ4v) is 4.22. The van der Waals surface area contributed by atoms with Gasteiger partial charge in [0.15, 0.2) is 0 Å². The molecule has 1 saturated heterocycles. The number of hydrogen-bond acceptors (Lipinski definition) is 2. The number of ether oxygens (including phenoxy) is 1. The van der Waals surface area contributed by atoms with E-state index in [2.05, 4.69) is 19.2 Å². The summed E-state index contributed by atoms with van der Waals surface area (Å²) in [5.74, 6) is 0.734. The average Bonchev–Trinajstić information content (AvgIpc) is 2.28. The molecule has 1 aliphatic heterocycles. The summed E-state index contributed by atoms with van der Waals surface area (Å²) in [6.07, 6.45) is 10.7. The molecule has 3 aliphatic rings. The third-order valence-corrected chi connectivity index (χ3v) is 5.39. The molecule has 1 heterocycles. The summed E-state index contributed by atoms with van der Waals surface area (Å²) in [4.78, 5) is 0. The molecule has 0 aromatic rings. The molecule has 1 N–H and O–H groups in total. The van der Waals surface area contributed by atoms with E-state index < -0.39 is 0 Å². The quantitative estimate of drug-likeness (QED) is 0.754. The van der Waals surface area contributed by atoms with Crippen molar-refractivity contribution in [3.63, 3.8) is 0 Å². The molecule has 2 spiro atoms. The fourth-order valence-electron chi connectivity index (χ4n) is 4.22. The molecule has 0 aromatic heterocycles. The Bertz CT molecular complexity index is 277. The highest BCUT2D eigenvalue weighted by atomic mass is 16.5. The van der Waals surface area contributed by atoms with Gasteiger partial charge in [0.1, 0.15) is 5.72 Å². The summed E-state index contributed by atoms with van der Waals surface area (Å²) in [6, 6.07) is 0.683. The van der Waals surface area contributed by atoms with Crippen molar-refractivity contribution in [3.05, 3.63) is 0 Å². The van der Waals surface area contributed by atoms with Crippen molar-refractivity contribution < 1.29 is 4.74 Å². The van der Waals surface area contributed by atoms with Gasteiger partial charge in [-0.15, -0.1) is 0 Å². The van der Waals surface area contributed by atoms with E-state index in [0.29, 0.717) is 11.5 Å². The van der Waals surface area contributed by atoms with Crippen molar-refractivity contribution >= 4 is 0 Å². The van der Waals surface area contributed by atoms with Gasteiger partial charge in [0.25, 0.3) is 0 Å². The van der Waals surface area contributed by atoms with Crippen LogP contribution in [0.3, 0.4) is 0 Å². The summed E-state index contributed by atoms with van der Waals surface area (Å²) in [5, 5.41) is 3.94. The van der Waals surface area contributed by atoms with Crippen molar-refractivity contribution in [1.82, 2.24) is 5.32 Å². The third-order valence-electron chi connectivity index (χ3n) is 5.39. The van der Waals surface area contributed by atoms with Gasteiger partial charge in [0, 0.05) is 11.5 Å². The van der Waals surface area contributed by atoms with Crippen LogP contribution in [0.2, 0.25) is 0 Å². The largest absolute Gasteiger partial charge is 0.360 e. The van der Waals surface area contributed by atoms with E-state index in [1.165, 1.54) is 51.4 Å². The van der Waals surface area contributed by atoms with Crippen LogP contribution in [0.25, 0.3) is 0 Å². The van der Waals surface area contributed by atoms with Gasteiger partial charge < -0.3 is 4.74 Å². The van der Waals surface area contributed by atoms with Crippen LogP contribution in [0.5, 0.6) is 0 Å². The molecule has 1 atom stereocenters. The van der Waals surface area contributed by atoms with Crippen molar-refractivity contribution in [1.29, 1.82) is 0 Å². The van der Waals surface area contributed by atoms with Gasteiger partial charge in [-0.05, 0) is 44.4 Å². The van der Waals surface area contributed by atoms with Gasteiger partial charge in [0.05, 0.1) is 6.61 Å². The van der Waals surface area contributed by atoms with Gasteiger partial charge >= 0.3 is 0 Å². The van der Waals surface area contributed by atoms with Crippen molar-refractivity contribution in [3.8, 4) is 0 Å². The summed E-state index contributed by atoms with van der Waals surface area (Å²) < 4.78 is 6.33. The monoisotopic (exact) mass is 237 g/mol. The summed E-state index contributed by atoms with van der Waals surface area (Å²) >= 11 is 0. The highest BCUT2D eigenvalue weighted by Crippen LogP contribution is 2.51. The molecule has 0 aromatic carbocycles. The van der Waals surface area contributed by atoms with Crippen molar-refractivity contribution in [2.24, 2.45) is 11.3 Å². The van der Waals surface area contributed by atoms with E-state index in [4.69, 9.17) is 4.74 Å². The summed E-state index contributed by atoms with van der Waals surface area (Å²) in [5.41, 5.74) is 0.533. The zero-order valence-electron chi connectivity index (χ0n) is 11.4. The van der Waals surface area contributed by atoms with Gasteiger partial charge in [-0.2, -0.15) is 0 Å². The summed E-state index contributed by atoms with van der Waals surface area (Å²) in [6.45, 7) is 5.77. The molecule has 2 heteroatoms. The molecule has 2 saturated carbocycles. The van der Waals surface area contributed by atoms with Crippen LogP contribution < -0.4 is 5.32 Å². The Hall–Kier alpha value is -0.0800. The van der Waals surface area contributed by atoms with E-state index in [9.17, 15) is 0 Å². The molecule has 0 amide bonds. The molecule has 98 valence electrons. The molecule has 3 fully saturated rings. The zero-order chi connectivity index (χ0) is 11.9. The fraction of sp³-hybridized carbons (Fsp3) is 1.00. The van der Waals surface area contributed by atoms with E-state index in [1.807, 2.05) is 0 Å². The third kappa shape index (κ3) is 1.94. The second-order valence-corrected chi connectivity index (χ2v) is 6.93. The maximum atomic E-state index is 6.33. The number of hydrogen-bond donors (Lipinski definition) is 1. The van der Waals surface area contributed by atoms with Crippen LogP contribution >= 0.6 is 0 Å². The van der Waals surface area contributed by atoms with E-state index >= 15 is 0 Å². The van der Waals surface area contributed by atoms with Gasteiger partial charge in [-0.1, -0.05) is 26.7 Å². The van der Waals surface area contributed by atoms with Gasteiger partial charge in [-0.25, -0.2) is 0 Å². The molecule has 2 aliphatic carbocycles. The normalized spacial score (nSPS) is 35.1. The van der Waals surface area contributed by atoms with Crippen molar-refractivity contribution in [2.45, 2.75) is 77.0 Å². The molecule has 0 bridgehead atoms. The molecule has 3 rings (SSSR count). The second-order valence-electron chi connectivity index (χ2n) is 6.93. The topological polar surface area (TPSA) is 21.3 Å². The molecule has 0 radical (unpaired) electrons. The Kier molecular flexibility index (Phi) is 2.99. The van der Waals surface area contributed by atoms with Gasteiger partial charge in [0.2, 0.25) is 0 Å². The van der Waals surface area contributed by atoms with Crippen LogP contribution in [0.15, 0.2) is 0 Å². The number of rotatable bonds is 1. The van der Waals surface area contributed by atoms with E-state index in [0.717, 1.165) is 12.5 Å². The second kappa shape index (κ2) is 4.24. The maximum Gasteiger partial charge on any atom is 0.119 e. The highest BCUT2D eigenvalue weighted by molar-refractivity contribution is 5.04. The lowest BCUT2D eigenvalue weighted by Gasteiger charge is -2.58. The first kappa shape index (κ1) is 12.0. The standard InChI is InChI=1S/C15H27NO/c1-12(2)13-14(7-6-8-14)11-17-15(16-13)9-4-3-5-10-15/h12-13,16H,3-11H2,1-2H3. The minimum Gasteiger partial charge on any atom is -0.360 e. The predicted octanol–water partition coefficient (Wildman–Crippen LogP) is 3.46. The smallest absolute Gasteiger partial charge is 0.119 e. The Morgan fingerprint density at radius 2 is 1.71 bits per heavy atom. The zero-order valence-corrected chi connectivity index (χ0v) is 11.4. The molecule has 1 unspecified atom stereocenters. The van der Waals surface area contributed by atoms with Crippen LogP contribution in [0.4, 0.5) is 0 Å². The average molecular weight is 237 g/mol. The first-order chi connectivity index (χ1) is 8.16. The highest BCUT2D eigenvalue weighted by Gasteiger charge is 2.53. The predicted molar refractivity (Wildman–Crippen MR) is 69.8 cm³/mol. The van der Waals surface area contributed by atoms with Crippen LogP contribution in [-0.2, 0) is 4.74 Å². The van der Waals surface area contributed by atoms with Crippen molar-refractivity contribution in [2.75, 3.05) is 6.61 Å². The molecule has 17 heavy (non-hydrogen) atoms. The lowest BCUT2D eigenvalue weighted by molar-refractivity contribution is -0.207. The Morgan fingerprint density at radius 3 is 2.24 bits per heavy atom. The molecular weight excluding hydrogens is 210 g/mol. The van der Waals surface area contributed by atoms with Gasteiger partial charge in [-0.3, -0.25) is 5.32 Å². The Morgan fingerprint density at radius 1 is 1.00 bits per heavy atom. The van der Waals surface area contributed by atoms with Crippen LogP contribution in [0.1, 0.15) is 65.2 Å². The van der Waals surface area contributed by atoms with Crippen LogP contribution in [0, 0.1) is 11.3 Å². The minimum absolute atomic E-state index is 0.0496. The maximum absolute atomic E-state index is 6.33. The SMILES string of the molecule is CC(C)C1NC2(CCCCC2)OCC12CCC2. The Labute approximate surface area is 105 Å². The molecular formula is C15H27NO. The lowest BCUT2D eigenvalue weighted by atomic mass is 9.60. The van der Waals surface area contributed by atoms with E-state index in [-0.39, 0.29) is 5.72 Å². The first-order valence-corrected chi connectivity index (χ1v) is 7.58. The van der Waals surface area contributed by atoms with E-state index in [1.54, 1.807) is 0 Å². The number of nitrogens with one attached hydrogen (secondary N) is 1. The summed E-state index contributed by atoms with van der Waals surface area (Å²) in [7, 11) is 0. The Balaban J connectivity index is 1.76. The van der Waals surface area contributed by atoms with Crippen LogP contribution in [-0.4, -0.2) is 18.4 Å². The molecule has 2 nitrogen and oxygen atoms in total. The first-order valence-electron chi connectivity index (χ1n) is 7.58. The lowest BCUT2D eigenvalue weighted by Crippen LogP contribution is -2.68. The minimum atomic E-state index is 0.0496.